The van der Waals surface area contributed by atoms with Crippen LogP contribution in [0.15, 0.2) is 12.2 Å². The summed E-state index contributed by atoms with van der Waals surface area (Å²) in [6.07, 6.45) is 5.17. The lowest BCUT2D eigenvalue weighted by atomic mass is 10.4. The Morgan fingerprint density at radius 2 is 1.75 bits per heavy atom. The van der Waals surface area contributed by atoms with Gasteiger partial charge in [0.05, 0.1) is 13.2 Å². The first kappa shape index (κ1) is 22.8. The summed E-state index contributed by atoms with van der Waals surface area (Å²) in [5.74, 6) is 0.718. The summed E-state index contributed by atoms with van der Waals surface area (Å²) in [6.45, 7) is 11.1. The van der Waals surface area contributed by atoms with Crippen molar-refractivity contribution in [2.24, 2.45) is 0 Å². The topological polar surface area (TPSA) is 73.9 Å². The molecule has 24 heavy (non-hydrogen) atoms. The lowest BCUT2D eigenvalue weighted by Crippen LogP contribution is -2.29. The Hall–Kier alpha value is -1.21. The Balaban J connectivity index is 3.50. The van der Waals surface area contributed by atoms with Gasteiger partial charge in [-0.05, 0) is 36.9 Å². The Labute approximate surface area is 147 Å². The van der Waals surface area contributed by atoms with Crippen molar-refractivity contribution >= 4 is 22.1 Å². The fourth-order valence-corrected chi connectivity index (χ4v) is 2.87. The number of nitrogens with one attached hydrogen (secondary N) is 1. The summed E-state index contributed by atoms with van der Waals surface area (Å²) in [4.78, 5) is 22.5. The van der Waals surface area contributed by atoms with Crippen LogP contribution < -0.4 is 5.32 Å². The zero-order valence-electron chi connectivity index (χ0n) is 15.7. The highest BCUT2D eigenvalue weighted by molar-refractivity contribution is 8.33. The molecule has 7 heteroatoms. The number of carbonyl (C=O) groups excluding carboxylic acids is 2. The van der Waals surface area contributed by atoms with Gasteiger partial charge in [-0.3, -0.25) is 0 Å². The molecule has 1 N–H and O–H groups in total. The molecule has 0 aromatic heterocycles. The zero-order valence-corrected chi connectivity index (χ0v) is 16.5. The second kappa shape index (κ2) is 12.2. The number of hydrogen-bond donors (Lipinski definition) is 1. The molecule has 142 valence electrons. The SMILES string of the molecule is C=C(C)C(=O)OCCNC(=O)OCCOCCCS(C)(C)C(C)C. The smallest absolute Gasteiger partial charge is 0.407 e. The van der Waals surface area contributed by atoms with E-state index in [0.717, 1.165) is 11.7 Å². The Morgan fingerprint density at radius 1 is 1.08 bits per heavy atom. The number of carbonyl (C=O) groups is 2. The third kappa shape index (κ3) is 11.3. The molecule has 0 aliphatic carbocycles. The largest absolute Gasteiger partial charge is 0.460 e. The average molecular weight is 364 g/mol. The van der Waals surface area contributed by atoms with Crippen LogP contribution in [0.1, 0.15) is 27.2 Å². The first-order valence-electron chi connectivity index (χ1n) is 8.17. The minimum Gasteiger partial charge on any atom is -0.460 e. The lowest BCUT2D eigenvalue weighted by molar-refractivity contribution is -0.138. The number of esters is 1. The molecule has 0 rings (SSSR count). The van der Waals surface area contributed by atoms with Gasteiger partial charge in [-0.1, -0.05) is 20.4 Å². The number of ether oxygens (including phenoxy) is 3. The number of rotatable bonds is 12. The van der Waals surface area contributed by atoms with Crippen LogP contribution in [0.4, 0.5) is 4.79 Å². The van der Waals surface area contributed by atoms with E-state index in [1.54, 1.807) is 6.92 Å². The van der Waals surface area contributed by atoms with Gasteiger partial charge in [0, 0.05) is 12.2 Å². The summed E-state index contributed by atoms with van der Waals surface area (Å²) in [5, 5.41) is 3.21. The predicted octanol–water partition coefficient (Wildman–Crippen LogP) is 2.71. The molecule has 0 atom stereocenters. The Morgan fingerprint density at radius 3 is 2.33 bits per heavy atom. The molecule has 0 aliphatic heterocycles. The van der Waals surface area contributed by atoms with E-state index in [-0.39, 0.29) is 19.8 Å². The normalized spacial score (nSPS) is 11.9. The first-order valence-corrected chi connectivity index (χ1v) is 10.9. The van der Waals surface area contributed by atoms with Crippen molar-refractivity contribution in [3.05, 3.63) is 12.2 Å². The predicted molar refractivity (Wildman–Crippen MR) is 100 cm³/mol. The van der Waals surface area contributed by atoms with E-state index in [0.29, 0.717) is 18.8 Å². The molecule has 6 nitrogen and oxygen atoms in total. The van der Waals surface area contributed by atoms with Gasteiger partial charge < -0.3 is 19.5 Å². The maximum atomic E-state index is 11.4. The van der Waals surface area contributed by atoms with Gasteiger partial charge in [-0.15, -0.1) is 0 Å². The second-order valence-corrected chi connectivity index (χ2v) is 10.9. The van der Waals surface area contributed by atoms with E-state index in [4.69, 9.17) is 14.2 Å². The molecule has 0 aromatic carbocycles. The number of amides is 1. The van der Waals surface area contributed by atoms with E-state index in [2.05, 4.69) is 38.3 Å². The second-order valence-electron chi connectivity index (χ2n) is 6.32. The third-order valence-electron chi connectivity index (χ3n) is 3.65. The molecule has 0 unspecified atom stereocenters. The van der Waals surface area contributed by atoms with Crippen molar-refractivity contribution in [2.45, 2.75) is 32.4 Å². The van der Waals surface area contributed by atoms with Crippen molar-refractivity contribution in [2.75, 3.05) is 51.2 Å². The molecule has 0 saturated heterocycles. The highest BCUT2D eigenvalue weighted by Crippen LogP contribution is 2.45. The zero-order chi connectivity index (χ0) is 18.6. The van der Waals surface area contributed by atoms with Crippen molar-refractivity contribution in [3.63, 3.8) is 0 Å². The van der Waals surface area contributed by atoms with Crippen molar-refractivity contribution in [3.8, 4) is 0 Å². The van der Waals surface area contributed by atoms with Crippen LogP contribution in [0.3, 0.4) is 0 Å². The van der Waals surface area contributed by atoms with Crippen molar-refractivity contribution < 1.29 is 23.8 Å². The van der Waals surface area contributed by atoms with Crippen LogP contribution in [0.25, 0.3) is 0 Å². The fraction of sp³-hybridized carbons (Fsp3) is 0.765. The summed E-state index contributed by atoms with van der Waals surface area (Å²) >= 11 is 0. The minimum atomic E-state index is -0.546. The quantitative estimate of drug-likeness (QED) is 0.328. The highest BCUT2D eigenvalue weighted by atomic mass is 32.3. The van der Waals surface area contributed by atoms with Crippen LogP contribution in [0.5, 0.6) is 0 Å². The van der Waals surface area contributed by atoms with Gasteiger partial charge in [0.1, 0.15) is 13.2 Å². The average Bonchev–Trinajstić information content (AvgIpc) is 2.49. The van der Waals surface area contributed by atoms with Gasteiger partial charge in [0.25, 0.3) is 0 Å². The van der Waals surface area contributed by atoms with Gasteiger partial charge in [0.2, 0.25) is 0 Å². The molecule has 0 aromatic rings. The molecule has 1 amide bonds. The summed E-state index contributed by atoms with van der Waals surface area (Å²) in [5.41, 5.74) is 0.327. The molecule has 0 saturated carbocycles. The highest BCUT2D eigenvalue weighted by Gasteiger charge is 2.15. The monoisotopic (exact) mass is 363 g/mol. The molecule has 0 radical (unpaired) electrons. The maximum Gasteiger partial charge on any atom is 0.407 e. The van der Waals surface area contributed by atoms with Gasteiger partial charge >= 0.3 is 12.1 Å². The van der Waals surface area contributed by atoms with Crippen molar-refractivity contribution in [1.29, 1.82) is 0 Å². The van der Waals surface area contributed by atoms with Gasteiger partial charge in [0.15, 0.2) is 0 Å². The van der Waals surface area contributed by atoms with Crippen LogP contribution in [-0.4, -0.2) is 68.5 Å². The van der Waals surface area contributed by atoms with Crippen LogP contribution in [0, 0.1) is 0 Å². The molecular weight excluding hydrogens is 330 g/mol. The number of alkyl carbamates (subject to hydrolysis) is 1. The molecule has 0 fully saturated rings. The minimum absolute atomic E-state index is 0.0886. The molecule has 0 aliphatic rings. The van der Waals surface area contributed by atoms with Crippen LogP contribution in [0.2, 0.25) is 0 Å². The summed E-state index contributed by atoms with van der Waals surface area (Å²) < 4.78 is 15.3. The van der Waals surface area contributed by atoms with E-state index in [9.17, 15) is 9.59 Å². The molecule has 0 bridgehead atoms. The van der Waals surface area contributed by atoms with Crippen molar-refractivity contribution in [1.82, 2.24) is 5.32 Å². The van der Waals surface area contributed by atoms with E-state index in [1.165, 1.54) is 5.75 Å². The van der Waals surface area contributed by atoms with E-state index >= 15 is 0 Å². The first-order chi connectivity index (χ1) is 11.2. The third-order valence-corrected chi connectivity index (χ3v) is 7.54. The number of hydrogen-bond acceptors (Lipinski definition) is 5. The van der Waals surface area contributed by atoms with Gasteiger partial charge in [-0.25, -0.2) is 19.6 Å². The summed E-state index contributed by atoms with van der Waals surface area (Å²) in [6, 6.07) is 0. The Kier molecular flexibility index (Phi) is 11.6. The van der Waals surface area contributed by atoms with Gasteiger partial charge in [-0.2, -0.15) is 0 Å². The lowest BCUT2D eigenvalue weighted by Gasteiger charge is -2.35. The standard InChI is InChI=1S/C17H33NO5S/c1-14(2)16(19)22-10-8-18-17(20)23-12-11-21-9-7-13-24(5,6)15(3)4/h15H,1,7-13H2,2-6H3,(H,18,20). The fourth-order valence-electron chi connectivity index (χ4n) is 1.54. The summed E-state index contributed by atoms with van der Waals surface area (Å²) in [7, 11) is -0.545. The van der Waals surface area contributed by atoms with E-state index in [1.807, 2.05) is 0 Å². The molecular formula is C17H33NO5S. The van der Waals surface area contributed by atoms with Crippen LogP contribution in [-0.2, 0) is 19.0 Å². The van der Waals surface area contributed by atoms with Crippen LogP contribution >= 0.6 is 10.0 Å². The molecule has 0 heterocycles. The molecule has 0 spiro atoms. The Bertz CT molecular complexity index is 410. The maximum absolute atomic E-state index is 11.4. The van der Waals surface area contributed by atoms with E-state index < -0.39 is 22.1 Å².